The molecule has 3 aromatic carbocycles. The molecule has 0 aliphatic carbocycles. The van der Waals surface area contributed by atoms with Gasteiger partial charge in [0.2, 0.25) is 5.91 Å². The molecule has 0 radical (unpaired) electrons. The highest BCUT2D eigenvalue weighted by Gasteiger charge is 2.15. The minimum atomic E-state index is -0.568. The van der Waals surface area contributed by atoms with Crippen LogP contribution in [-0.4, -0.2) is 17.0 Å². The molecule has 154 valence electrons. The molecule has 0 aromatic heterocycles. The zero-order chi connectivity index (χ0) is 21.3. The van der Waals surface area contributed by atoms with Gasteiger partial charge in [0.25, 0.3) is 5.91 Å². The van der Waals surface area contributed by atoms with E-state index in [-0.39, 0.29) is 11.8 Å². The van der Waals surface area contributed by atoms with Crippen LogP contribution in [0.3, 0.4) is 0 Å². The predicted octanol–water partition coefficient (Wildman–Crippen LogP) is 4.20. The summed E-state index contributed by atoms with van der Waals surface area (Å²) in [5.41, 5.74) is 4.62. The van der Waals surface area contributed by atoms with Crippen LogP contribution in [0, 0.1) is 5.92 Å². The molecule has 0 fully saturated rings. The molecule has 6 nitrogen and oxygen atoms in total. The minimum absolute atomic E-state index is 0.104. The maximum Gasteiger partial charge on any atom is 0.274 e. The summed E-state index contributed by atoms with van der Waals surface area (Å²) in [5.74, 6) is -0.257. The third kappa shape index (κ3) is 5.93. The molecule has 3 rings (SSSR count). The summed E-state index contributed by atoms with van der Waals surface area (Å²) < 4.78 is 5.81. The monoisotopic (exact) mass is 404 g/mol. The van der Waals surface area contributed by atoms with Crippen LogP contribution in [-0.2, 0) is 17.8 Å². The van der Waals surface area contributed by atoms with Gasteiger partial charge < -0.3 is 10.1 Å². The summed E-state index contributed by atoms with van der Waals surface area (Å²) in [6, 6.07) is 24.0. The number of benzene rings is 3. The average molecular weight is 404 g/mol. The van der Waals surface area contributed by atoms with Crippen molar-refractivity contribution in [3.63, 3.8) is 0 Å². The van der Waals surface area contributed by atoms with Crippen LogP contribution in [0.1, 0.15) is 28.4 Å². The van der Waals surface area contributed by atoms with Crippen LogP contribution in [0.15, 0.2) is 78.9 Å². The Bertz CT molecular complexity index is 988. The van der Waals surface area contributed by atoms with Gasteiger partial charge in [-0.3, -0.25) is 14.8 Å². The van der Waals surface area contributed by atoms with Gasteiger partial charge in [0.1, 0.15) is 12.4 Å². The van der Waals surface area contributed by atoms with Crippen molar-refractivity contribution in [3.8, 4) is 5.75 Å². The van der Waals surface area contributed by atoms with Crippen molar-refractivity contribution < 1.29 is 19.5 Å². The zero-order valence-corrected chi connectivity index (χ0v) is 16.7. The number of nitrogens with one attached hydrogen (secondary N) is 2. The largest absolute Gasteiger partial charge is 0.489 e. The van der Waals surface area contributed by atoms with E-state index >= 15 is 0 Å². The number of anilines is 1. The molecule has 0 saturated carbocycles. The Hall–Kier alpha value is -3.64. The molecule has 0 aliphatic heterocycles. The third-order valence-electron chi connectivity index (χ3n) is 4.66. The summed E-state index contributed by atoms with van der Waals surface area (Å²) in [7, 11) is 0. The molecule has 3 aromatic rings. The number of amides is 2. The fourth-order valence-electron chi connectivity index (χ4n) is 2.97. The molecule has 1 unspecified atom stereocenters. The molecular weight excluding hydrogens is 380 g/mol. The van der Waals surface area contributed by atoms with Gasteiger partial charge >= 0.3 is 0 Å². The molecule has 0 saturated heterocycles. The molecule has 6 heteroatoms. The molecule has 0 bridgehead atoms. The number of hydrogen-bond donors (Lipinski definition) is 3. The van der Waals surface area contributed by atoms with E-state index in [0.717, 1.165) is 11.1 Å². The number of rotatable bonds is 8. The van der Waals surface area contributed by atoms with Crippen LogP contribution in [0.4, 0.5) is 5.69 Å². The number of ether oxygens (including phenoxy) is 1. The number of hydroxylamine groups is 1. The summed E-state index contributed by atoms with van der Waals surface area (Å²) in [6.45, 7) is 2.30. The molecule has 3 N–H and O–H groups in total. The van der Waals surface area contributed by atoms with Gasteiger partial charge in [0.05, 0.1) is 0 Å². The van der Waals surface area contributed by atoms with Crippen molar-refractivity contribution in [1.29, 1.82) is 0 Å². The van der Waals surface area contributed by atoms with Gasteiger partial charge in [0, 0.05) is 23.2 Å². The first-order valence-corrected chi connectivity index (χ1v) is 9.66. The third-order valence-corrected chi connectivity index (χ3v) is 4.66. The van der Waals surface area contributed by atoms with E-state index in [0.29, 0.717) is 30.0 Å². The highest BCUT2D eigenvalue weighted by molar-refractivity contribution is 5.93. The second kappa shape index (κ2) is 10.2. The van der Waals surface area contributed by atoms with Gasteiger partial charge in [-0.2, -0.15) is 0 Å². The Morgan fingerprint density at radius 3 is 2.37 bits per heavy atom. The SMILES string of the molecule is CC(Cc1ccc(C(=O)NO)cc1)C(=O)Nc1cccc(OCc2ccccc2)c1. The van der Waals surface area contributed by atoms with Crippen molar-refractivity contribution in [3.05, 3.63) is 95.6 Å². The quantitative estimate of drug-likeness (QED) is 0.388. The summed E-state index contributed by atoms with van der Waals surface area (Å²) in [6.07, 6.45) is 0.525. The van der Waals surface area contributed by atoms with E-state index in [4.69, 9.17) is 9.94 Å². The van der Waals surface area contributed by atoms with E-state index in [2.05, 4.69) is 5.32 Å². The standard InChI is InChI=1S/C24H24N2O4/c1-17(14-18-10-12-20(13-11-18)24(28)26-29)23(27)25-21-8-5-9-22(15-21)30-16-19-6-3-2-4-7-19/h2-13,15,17,29H,14,16H2,1H3,(H,25,27)(H,26,28). The number of carbonyl (C=O) groups excluding carboxylic acids is 2. The summed E-state index contributed by atoms with van der Waals surface area (Å²) in [5, 5.41) is 11.6. The van der Waals surface area contributed by atoms with Gasteiger partial charge in [-0.25, -0.2) is 5.48 Å². The number of hydrogen-bond acceptors (Lipinski definition) is 4. The fourth-order valence-corrected chi connectivity index (χ4v) is 2.97. The van der Waals surface area contributed by atoms with E-state index in [1.165, 1.54) is 0 Å². The summed E-state index contributed by atoms with van der Waals surface area (Å²) in [4.78, 5) is 24.0. The highest BCUT2D eigenvalue weighted by atomic mass is 16.5. The van der Waals surface area contributed by atoms with E-state index in [1.807, 2.05) is 55.5 Å². The first kappa shape index (κ1) is 21.1. The van der Waals surface area contributed by atoms with Gasteiger partial charge in [0.15, 0.2) is 0 Å². The van der Waals surface area contributed by atoms with Crippen LogP contribution in [0.5, 0.6) is 5.75 Å². The lowest BCUT2D eigenvalue weighted by Gasteiger charge is -2.14. The Balaban J connectivity index is 1.55. The lowest BCUT2D eigenvalue weighted by atomic mass is 9.99. The normalized spacial score (nSPS) is 11.4. The van der Waals surface area contributed by atoms with Gasteiger partial charge in [-0.1, -0.05) is 55.5 Å². The van der Waals surface area contributed by atoms with Crippen molar-refractivity contribution in [2.45, 2.75) is 20.0 Å². The highest BCUT2D eigenvalue weighted by Crippen LogP contribution is 2.20. The van der Waals surface area contributed by atoms with Crippen molar-refractivity contribution in [2.75, 3.05) is 5.32 Å². The maximum atomic E-state index is 12.6. The van der Waals surface area contributed by atoms with E-state index in [1.54, 1.807) is 35.8 Å². The Morgan fingerprint density at radius 2 is 1.67 bits per heavy atom. The molecule has 30 heavy (non-hydrogen) atoms. The van der Waals surface area contributed by atoms with Crippen molar-refractivity contribution in [2.24, 2.45) is 5.92 Å². The molecule has 2 amide bonds. The zero-order valence-electron chi connectivity index (χ0n) is 16.7. The maximum absolute atomic E-state index is 12.6. The van der Waals surface area contributed by atoms with Gasteiger partial charge in [-0.05, 0) is 41.8 Å². The molecule has 1 atom stereocenters. The minimum Gasteiger partial charge on any atom is -0.489 e. The topological polar surface area (TPSA) is 87.7 Å². The first-order chi connectivity index (χ1) is 14.5. The average Bonchev–Trinajstić information content (AvgIpc) is 2.78. The Morgan fingerprint density at radius 1 is 0.933 bits per heavy atom. The fraction of sp³-hybridized carbons (Fsp3) is 0.167. The lowest BCUT2D eigenvalue weighted by Crippen LogP contribution is -2.22. The molecular formula is C24H24N2O4. The Kier molecular flexibility index (Phi) is 7.19. The number of carbonyl (C=O) groups is 2. The van der Waals surface area contributed by atoms with E-state index in [9.17, 15) is 9.59 Å². The van der Waals surface area contributed by atoms with Crippen LogP contribution in [0.25, 0.3) is 0 Å². The van der Waals surface area contributed by atoms with Crippen LogP contribution >= 0.6 is 0 Å². The van der Waals surface area contributed by atoms with Crippen LogP contribution < -0.4 is 15.5 Å². The Labute approximate surface area is 175 Å². The van der Waals surface area contributed by atoms with Crippen molar-refractivity contribution >= 4 is 17.5 Å². The molecule has 0 spiro atoms. The lowest BCUT2D eigenvalue weighted by molar-refractivity contribution is -0.119. The summed E-state index contributed by atoms with van der Waals surface area (Å²) >= 11 is 0. The molecule has 0 aliphatic rings. The van der Waals surface area contributed by atoms with Gasteiger partial charge in [-0.15, -0.1) is 0 Å². The smallest absolute Gasteiger partial charge is 0.274 e. The second-order valence-electron chi connectivity index (χ2n) is 7.03. The second-order valence-corrected chi connectivity index (χ2v) is 7.03. The predicted molar refractivity (Wildman–Crippen MR) is 114 cm³/mol. The molecule has 0 heterocycles. The van der Waals surface area contributed by atoms with Crippen molar-refractivity contribution in [1.82, 2.24) is 5.48 Å². The van der Waals surface area contributed by atoms with E-state index < -0.39 is 5.91 Å². The van der Waals surface area contributed by atoms with Crippen LogP contribution in [0.2, 0.25) is 0 Å². The first-order valence-electron chi connectivity index (χ1n) is 9.66.